The minimum absolute atomic E-state index is 0.224. The first-order chi connectivity index (χ1) is 12.2. The molecule has 0 amide bonds. The maximum absolute atomic E-state index is 12.3. The summed E-state index contributed by atoms with van der Waals surface area (Å²) < 4.78 is 6.11. The van der Waals surface area contributed by atoms with E-state index in [2.05, 4.69) is 11.9 Å². The van der Waals surface area contributed by atoms with E-state index in [1.807, 2.05) is 0 Å². The lowest BCUT2D eigenvalue weighted by Crippen LogP contribution is -2.22. The largest absolute Gasteiger partial charge is 0.428 e. The number of hydrogen-bond donors (Lipinski definition) is 0. The Morgan fingerprint density at radius 1 is 1.00 bits per heavy atom. The SMILES string of the molecule is CCCCCCCCCCCCCC(=O)n1c(=O)oc2cccnc21. The van der Waals surface area contributed by atoms with Crippen LogP contribution in [0.25, 0.3) is 11.2 Å². The second-order valence-corrected chi connectivity index (χ2v) is 6.71. The number of unbranched alkanes of at least 4 members (excludes halogenated alkanes) is 10. The van der Waals surface area contributed by atoms with Crippen molar-refractivity contribution in [3.8, 4) is 0 Å². The lowest BCUT2D eigenvalue weighted by molar-refractivity contribution is 0.0895. The topological polar surface area (TPSA) is 65.1 Å². The summed E-state index contributed by atoms with van der Waals surface area (Å²) in [5.41, 5.74) is 0.681. The van der Waals surface area contributed by atoms with Crippen molar-refractivity contribution in [2.75, 3.05) is 0 Å². The van der Waals surface area contributed by atoms with Gasteiger partial charge in [-0.15, -0.1) is 0 Å². The zero-order valence-corrected chi connectivity index (χ0v) is 15.3. The molecule has 0 atom stereocenters. The van der Waals surface area contributed by atoms with Crippen LogP contribution in [-0.2, 0) is 0 Å². The highest BCUT2D eigenvalue weighted by Crippen LogP contribution is 2.13. The Labute approximate surface area is 149 Å². The fourth-order valence-electron chi connectivity index (χ4n) is 3.13. The molecule has 2 aromatic rings. The average molecular weight is 346 g/mol. The van der Waals surface area contributed by atoms with E-state index in [0.717, 1.165) is 23.8 Å². The van der Waals surface area contributed by atoms with Crippen LogP contribution in [0.1, 0.15) is 88.8 Å². The van der Waals surface area contributed by atoms with Gasteiger partial charge in [0.15, 0.2) is 11.2 Å². The standard InChI is InChI=1S/C20H30N2O3/c1-2-3-4-5-6-7-8-9-10-11-12-15-18(23)22-19-17(25-20(22)24)14-13-16-21-19/h13-14,16H,2-12,15H2,1H3. The van der Waals surface area contributed by atoms with Crippen LogP contribution >= 0.6 is 0 Å². The van der Waals surface area contributed by atoms with Crippen LogP contribution in [0, 0.1) is 0 Å². The lowest BCUT2D eigenvalue weighted by Gasteiger charge is -2.03. The van der Waals surface area contributed by atoms with Crippen LogP contribution in [0.2, 0.25) is 0 Å². The molecule has 0 fully saturated rings. The summed E-state index contributed by atoms with van der Waals surface area (Å²) in [6.07, 6.45) is 15.5. The van der Waals surface area contributed by atoms with Crippen LogP contribution in [0.4, 0.5) is 0 Å². The molecule has 2 aromatic heterocycles. The maximum atomic E-state index is 12.3. The minimum atomic E-state index is -0.637. The summed E-state index contributed by atoms with van der Waals surface area (Å²) in [5.74, 6) is -0.861. The molecule has 0 aliphatic carbocycles. The van der Waals surface area contributed by atoms with E-state index < -0.39 is 5.76 Å². The second-order valence-electron chi connectivity index (χ2n) is 6.71. The van der Waals surface area contributed by atoms with E-state index in [1.165, 1.54) is 51.4 Å². The molecule has 0 N–H and O–H groups in total. The van der Waals surface area contributed by atoms with Crippen LogP contribution in [-0.4, -0.2) is 15.5 Å². The molecule has 0 unspecified atom stereocenters. The third-order valence-electron chi connectivity index (χ3n) is 4.59. The molecule has 0 saturated carbocycles. The highest BCUT2D eigenvalue weighted by Gasteiger charge is 2.16. The third-order valence-corrected chi connectivity index (χ3v) is 4.59. The molecule has 0 radical (unpaired) electrons. The Bertz CT molecular complexity index is 702. The van der Waals surface area contributed by atoms with Gasteiger partial charge in [-0.25, -0.2) is 9.78 Å². The molecule has 5 heteroatoms. The number of pyridine rings is 1. The Morgan fingerprint density at radius 2 is 1.60 bits per heavy atom. The number of fused-ring (bicyclic) bond motifs is 1. The number of carbonyl (C=O) groups is 1. The molecule has 138 valence electrons. The molecule has 0 aromatic carbocycles. The van der Waals surface area contributed by atoms with Crippen molar-refractivity contribution in [1.82, 2.24) is 9.55 Å². The molecule has 5 nitrogen and oxygen atoms in total. The van der Waals surface area contributed by atoms with Gasteiger partial charge in [0.05, 0.1) is 0 Å². The summed E-state index contributed by atoms with van der Waals surface area (Å²) in [7, 11) is 0. The zero-order chi connectivity index (χ0) is 17.9. The maximum Gasteiger partial charge on any atom is 0.428 e. The fourth-order valence-corrected chi connectivity index (χ4v) is 3.13. The van der Waals surface area contributed by atoms with E-state index in [-0.39, 0.29) is 5.91 Å². The number of nitrogens with zero attached hydrogens (tertiary/aromatic N) is 2. The Hall–Kier alpha value is -1.91. The molecule has 0 aliphatic heterocycles. The summed E-state index contributed by atoms with van der Waals surface area (Å²) >= 11 is 0. The van der Waals surface area contributed by atoms with Crippen LogP contribution in [0.15, 0.2) is 27.5 Å². The summed E-state index contributed by atoms with van der Waals surface area (Å²) in [6.45, 7) is 2.24. The van der Waals surface area contributed by atoms with Gasteiger partial charge in [0.25, 0.3) is 0 Å². The van der Waals surface area contributed by atoms with E-state index in [9.17, 15) is 9.59 Å². The Balaban J connectivity index is 1.60. The fraction of sp³-hybridized carbons (Fsp3) is 0.650. The van der Waals surface area contributed by atoms with Gasteiger partial charge in [0, 0.05) is 12.6 Å². The normalized spacial score (nSPS) is 11.2. The quantitative estimate of drug-likeness (QED) is 0.487. The first kappa shape index (κ1) is 19.4. The van der Waals surface area contributed by atoms with Crippen molar-refractivity contribution in [3.05, 3.63) is 28.9 Å². The third kappa shape index (κ3) is 6.15. The van der Waals surface area contributed by atoms with E-state index in [4.69, 9.17) is 4.42 Å². The molecule has 0 bridgehead atoms. The molecule has 0 aliphatic rings. The van der Waals surface area contributed by atoms with E-state index >= 15 is 0 Å². The van der Waals surface area contributed by atoms with Gasteiger partial charge in [-0.1, -0.05) is 71.1 Å². The molecule has 0 spiro atoms. The summed E-state index contributed by atoms with van der Waals surface area (Å²) in [5, 5.41) is 0. The predicted octanol–water partition coefficient (Wildman–Crippen LogP) is 5.33. The first-order valence-electron chi connectivity index (χ1n) is 9.74. The zero-order valence-electron chi connectivity index (χ0n) is 15.3. The van der Waals surface area contributed by atoms with E-state index in [1.54, 1.807) is 18.3 Å². The van der Waals surface area contributed by atoms with Gasteiger partial charge in [-0.2, -0.15) is 4.57 Å². The van der Waals surface area contributed by atoms with Gasteiger partial charge >= 0.3 is 5.76 Å². The average Bonchev–Trinajstić information content (AvgIpc) is 2.95. The van der Waals surface area contributed by atoms with Crippen molar-refractivity contribution < 1.29 is 9.21 Å². The number of carbonyl (C=O) groups excluding carboxylic acids is 1. The van der Waals surface area contributed by atoms with Crippen LogP contribution < -0.4 is 5.76 Å². The van der Waals surface area contributed by atoms with Crippen molar-refractivity contribution in [3.63, 3.8) is 0 Å². The highest BCUT2D eigenvalue weighted by molar-refractivity contribution is 5.87. The summed E-state index contributed by atoms with van der Waals surface area (Å²) in [6, 6.07) is 3.33. The molecular weight excluding hydrogens is 316 g/mol. The molecule has 2 heterocycles. The Kier molecular flexibility index (Phi) is 8.43. The van der Waals surface area contributed by atoms with Gasteiger partial charge in [0.1, 0.15) is 0 Å². The number of hydrogen-bond acceptors (Lipinski definition) is 4. The van der Waals surface area contributed by atoms with Crippen molar-refractivity contribution in [1.29, 1.82) is 0 Å². The van der Waals surface area contributed by atoms with Gasteiger partial charge < -0.3 is 4.42 Å². The number of aromatic nitrogens is 2. The smallest absolute Gasteiger partial charge is 0.406 e. The molecule has 0 saturated heterocycles. The van der Waals surface area contributed by atoms with Crippen molar-refractivity contribution >= 4 is 17.1 Å². The monoisotopic (exact) mass is 346 g/mol. The van der Waals surface area contributed by atoms with Crippen molar-refractivity contribution in [2.45, 2.75) is 84.0 Å². The Morgan fingerprint density at radius 3 is 2.24 bits per heavy atom. The van der Waals surface area contributed by atoms with Crippen LogP contribution in [0.3, 0.4) is 0 Å². The first-order valence-corrected chi connectivity index (χ1v) is 9.74. The molecule has 2 rings (SSSR count). The second kappa shape index (κ2) is 10.9. The van der Waals surface area contributed by atoms with Crippen LogP contribution in [0.5, 0.6) is 0 Å². The van der Waals surface area contributed by atoms with E-state index in [0.29, 0.717) is 17.7 Å². The van der Waals surface area contributed by atoms with Gasteiger partial charge in [-0.05, 0) is 18.6 Å². The summed E-state index contributed by atoms with van der Waals surface area (Å²) in [4.78, 5) is 28.2. The predicted molar refractivity (Wildman–Crippen MR) is 100.0 cm³/mol. The number of oxazole rings is 1. The number of rotatable bonds is 12. The molecule has 25 heavy (non-hydrogen) atoms. The lowest BCUT2D eigenvalue weighted by atomic mass is 10.1. The minimum Gasteiger partial charge on any atom is -0.406 e. The highest BCUT2D eigenvalue weighted by atomic mass is 16.4. The van der Waals surface area contributed by atoms with Crippen molar-refractivity contribution in [2.24, 2.45) is 0 Å². The van der Waals surface area contributed by atoms with Gasteiger partial charge in [-0.3, -0.25) is 4.79 Å². The van der Waals surface area contributed by atoms with Gasteiger partial charge in [0.2, 0.25) is 5.91 Å². The molecular formula is C20H30N2O3.